The molecule has 0 aliphatic carbocycles. The molecule has 172 valence electrons. The summed E-state index contributed by atoms with van der Waals surface area (Å²) in [6.07, 6.45) is -0.555. The van der Waals surface area contributed by atoms with Crippen LogP contribution in [0.5, 0.6) is 5.75 Å². The van der Waals surface area contributed by atoms with Gasteiger partial charge in [0.15, 0.2) is 5.78 Å². The van der Waals surface area contributed by atoms with Gasteiger partial charge in [-0.1, -0.05) is 18.2 Å². The van der Waals surface area contributed by atoms with Gasteiger partial charge in [0.2, 0.25) is 0 Å². The smallest absolute Gasteiger partial charge is 0.412 e. The highest BCUT2D eigenvalue weighted by atomic mass is 32.1. The van der Waals surface area contributed by atoms with Crippen molar-refractivity contribution in [3.63, 3.8) is 0 Å². The number of rotatable bonds is 12. The predicted molar refractivity (Wildman–Crippen MR) is 122 cm³/mol. The average Bonchev–Trinajstić information content (AvgIpc) is 2.80. The van der Waals surface area contributed by atoms with Crippen LogP contribution in [0.3, 0.4) is 0 Å². The lowest BCUT2D eigenvalue weighted by atomic mass is 10.0. The third-order valence-corrected chi connectivity index (χ3v) is 4.66. The Morgan fingerprint density at radius 3 is 2.44 bits per heavy atom. The first-order chi connectivity index (χ1) is 15.4. The number of thiol groups is 1. The maximum absolute atomic E-state index is 12.6. The molecule has 0 bridgehead atoms. The lowest BCUT2D eigenvalue weighted by molar-refractivity contribution is -0.140. The van der Waals surface area contributed by atoms with Crippen molar-refractivity contribution in [2.24, 2.45) is 0 Å². The van der Waals surface area contributed by atoms with Gasteiger partial charge in [0, 0.05) is 16.8 Å². The molecule has 0 aliphatic rings. The van der Waals surface area contributed by atoms with Crippen LogP contribution >= 0.6 is 12.6 Å². The fraction of sp³-hybridized carbons (Fsp3) is 0.348. The summed E-state index contributed by atoms with van der Waals surface area (Å²) >= 11 is 3.86. The van der Waals surface area contributed by atoms with Gasteiger partial charge >= 0.3 is 12.1 Å². The number of aliphatic hydroxyl groups excluding tert-OH is 1. The van der Waals surface area contributed by atoms with E-state index in [1.54, 1.807) is 48.5 Å². The number of carbonyl (C=O) groups excluding carboxylic acids is 3. The summed E-state index contributed by atoms with van der Waals surface area (Å²) in [5.41, 5.74) is 1.64. The summed E-state index contributed by atoms with van der Waals surface area (Å²) in [7, 11) is 0. The Bertz CT molecular complexity index is 901. The third kappa shape index (κ3) is 8.24. The van der Waals surface area contributed by atoms with E-state index < -0.39 is 18.2 Å². The highest BCUT2D eigenvalue weighted by molar-refractivity contribution is 7.81. The highest BCUT2D eigenvalue weighted by Gasteiger charge is 2.21. The molecule has 32 heavy (non-hydrogen) atoms. The number of benzene rings is 2. The molecule has 8 nitrogen and oxygen atoms in total. The molecular weight excluding hydrogens is 434 g/mol. The number of hydrogen-bond acceptors (Lipinski definition) is 8. The zero-order valence-electron chi connectivity index (χ0n) is 17.8. The van der Waals surface area contributed by atoms with Crippen LogP contribution in [0.4, 0.5) is 10.5 Å². The molecule has 0 spiro atoms. The van der Waals surface area contributed by atoms with Gasteiger partial charge in [-0.25, -0.2) is 4.79 Å². The van der Waals surface area contributed by atoms with Gasteiger partial charge in [0.05, 0.1) is 19.0 Å². The molecule has 0 aliphatic heterocycles. The van der Waals surface area contributed by atoms with Gasteiger partial charge < -0.3 is 19.3 Å². The van der Waals surface area contributed by atoms with Crippen LogP contribution in [-0.2, 0) is 14.3 Å². The van der Waals surface area contributed by atoms with Crippen LogP contribution in [-0.4, -0.2) is 48.5 Å². The number of anilines is 1. The molecule has 0 radical (unpaired) electrons. The molecule has 2 N–H and O–H groups in total. The van der Waals surface area contributed by atoms with E-state index >= 15 is 0 Å². The largest absolute Gasteiger partial charge is 0.491 e. The molecule has 0 heterocycles. The number of carbonyl (C=O) groups is 3. The molecule has 2 aromatic carbocycles. The van der Waals surface area contributed by atoms with Crippen LogP contribution < -0.4 is 10.1 Å². The fourth-order valence-corrected chi connectivity index (χ4v) is 2.97. The third-order valence-electron chi connectivity index (χ3n) is 4.40. The summed E-state index contributed by atoms with van der Waals surface area (Å²) in [5.74, 6) is -0.0261. The quantitative estimate of drug-likeness (QED) is 0.191. The Labute approximate surface area is 192 Å². The zero-order chi connectivity index (χ0) is 23.3. The maximum atomic E-state index is 12.6. The molecule has 0 aromatic heterocycles. The van der Waals surface area contributed by atoms with Crippen molar-refractivity contribution in [1.29, 1.82) is 0 Å². The number of aliphatic hydroxyl groups is 1. The topological polar surface area (TPSA) is 111 Å². The summed E-state index contributed by atoms with van der Waals surface area (Å²) in [6, 6.07) is 13.5. The first-order valence-corrected chi connectivity index (χ1v) is 10.8. The number of ketones is 1. The molecule has 1 atom stereocenters. The van der Waals surface area contributed by atoms with E-state index in [0.29, 0.717) is 35.4 Å². The van der Waals surface area contributed by atoms with E-state index in [-0.39, 0.29) is 31.4 Å². The van der Waals surface area contributed by atoms with Gasteiger partial charge in [0.1, 0.15) is 18.5 Å². The summed E-state index contributed by atoms with van der Waals surface area (Å²) in [6.45, 7) is 1.56. The van der Waals surface area contributed by atoms with Gasteiger partial charge in [-0.05, 0) is 50.1 Å². The summed E-state index contributed by atoms with van der Waals surface area (Å²) < 4.78 is 16.3. The Kier molecular flexibility index (Phi) is 10.6. The minimum atomic E-state index is -0.685. The molecule has 1 amide bonds. The van der Waals surface area contributed by atoms with E-state index in [4.69, 9.17) is 19.3 Å². The SMILES string of the molecule is CC(=O)c1ccc(NC(=O)O[C@@H](CCCOC(=O)CS)c2ccccc2OCCO)cc1. The molecule has 0 saturated heterocycles. The first kappa shape index (κ1) is 25.2. The number of esters is 1. The number of hydrogen-bond donors (Lipinski definition) is 3. The lowest BCUT2D eigenvalue weighted by Crippen LogP contribution is -2.19. The second-order valence-corrected chi connectivity index (χ2v) is 7.10. The lowest BCUT2D eigenvalue weighted by Gasteiger charge is -2.21. The second-order valence-electron chi connectivity index (χ2n) is 6.78. The van der Waals surface area contributed by atoms with Crippen LogP contribution in [0.15, 0.2) is 48.5 Å². The highest BCUT2D eigenvalue weighted by Crippen LogP contribution is 2.31. The van der Waals surface area contributed by atoms with E-state index in [0.717, 1.165) is 0 Å². The molecule has 0 saturated carbocycles. The molecule has 2 rings (SSSR count). The Hall–Kier alpha value is -3.04. The number of ether oxygens (including phenoxy) is 3. The van der Waals surface area contributed by atoms with E-state index in [2.05, 4.69) is 17.9 Å². The Morgan fingerprint density at radius 1 is 1.06 bits per heavy atom. The molecular formula is C23H27NO7S. The number of para-hydroxylation sites is 1. The minimum absolute atomic E-state index is 0.0113. The second kappa shape index (κ2) is 13.4. The van der Waals surface area contributed by atoms with Crippen LogP contribution in [0.1, 0.15) is 41.8 Å². The normalized spacial score (nSPS) is 11.3. The molecule has 0 unspecified atom stereocenters. The van der Waals surface area contributed by atoms with Crippen molar-refractivity contribution >= 4 is 36.2 Å². The number of amides is 1. The first-order valence-electron chi connectivity index (χ1n) is 10.1. The Balaban J connectivity index is 2.10. The van der Waals surface area contributed by atoms with E-state index in [1.165, 1.54) is 6.92 Å². The van der Waals surface area contributed by atoms with Gasteiger partial charge in [-0.2, -0.15) is 12.6 Å². The van der Waals surface area contributed by atoms with Crippen molar-refractivity contribution in [3.05, 3.63) is 59.7 Å². The fourth-order valence-electron chi connectivity index (χ4n) is 2.88. The van der Waals surface area contributed by atoms with Gasteiger partial charge in [-0.3, -0.25) is 14.9 Å². The van der Waals surface area contributed by atoms with Gasteiger partial charge in [-0.15, -0.1) is 0 Å². The zero-order valence-corrected chi connectivity index (χ0v) is 18.7. The standard InChI is InChI=1S/C23H27NO7S/c1-16(26)17-8-10-18(11-9-17)24-23(28)31-21(7-4-13-30-22(27)15-32)19-5-2-3-6-20(19)29-14-12-25/h2-3,5-6,8-11,21,25,32H,4,7,12-15H2,1H3,(H,24,28)/t21-/m0/s1. The summed E-state index contributed by atoms with van der Waals surface area (Å²) in [4.78, 5) is 35.2. The van der Waals surface area contributed by atoms with Crippen molar-refractivity contribution in [3.8, 4) is 5.75 Å². The van der Waals surface area contributed by atoms with Crippen molar-refractivity contribution in [2.45, 2.75) is 25.9 Å². The monoisotopic (exact) mass is 461 g/mol. The van der Waals surface area contributed by atoms with E-state index in [1.807, 2.05) is 0 Å². The number of Topliss-reactive ketones (excluding diaryl/α,β-unsaturated/α-hetero) is 1. The molecule has 9 heteroatoms. The minimum Gasteiger partial charge on any atom is -0.491 e. The molecule has 2 aromatic rings. The van der Waals surface area contributed by atoms with E-state index in [9.17, 15) is 14.4 Å². The van der Waals surface area contributed by atoms with Gasteiger partial charge in [0.25, 0.3) is 0 Å². The van der Waals surface area contributed by atoms with Crippen molar-refractivity contribution in [2.75, 3.05) is 30.9 Å². The van der Waals surface area contributed by atoms with Crippen LogP contribution in [0.25, 0.3) is 0 Å². The van der Waals surface area contributed by atoms with Crippen LogP contribution in [0, 0.1) is 0 Å². The Morgan fingerprint density at radius 2 is 1.78 bits per heavy atom. The summed E-state index contributed by atoms with van der Waals surface area (Å²) in [5, 5.41) is 11.7. The molecule has 0 fully saturated rings. The maximum Gasteiger partial charge on any atom is 0.412 e. The van der Waals surface area contributed by atoms with Crippen molar-refractivity contribution in [1.82, 2.24) is 0 Å². The predicted octanol–water partition coefficient (Wildman–Crippen LogP) is 3.80. The van der Waals surface area contributed by atoms with Crippen LogP contribution in [0.2, 0.25) is 0 Å². The average molecular weight is 462 g/mol. The van der Waals surface area contributed by atoms with Crippen molar-refractivity contribution < 1.29 is 33.7 Å². The number of nitrogens with one attached hydrogen (secondary N) is 1.